The normalized spacial score (nSPS) is 14.5. The smallest absolute Gasteiger partial charge is 0.331 e. The van der Waals surface area contributed by atoms with Gasteiger partial charge in [-0.2, -0.15) is 0 Å². The lowest BCUT2D eigenvalue weighted by Crippen LogP contribution is -2.37. The third-order valence-electron chi connectivity index (χ3n) is 6.50. The quantitative estimate of drug-likeness (QED) is 0.382. The number of para-hydroxylation sites is 2. The molecule has 174 valence electrons. The molecule has 0 N–H and O–H groups in total. The van der Waals surface area contributed by atoms with E-state index in [-0.39, 0.29) is 0 Å². The van der Waals surface area contributed by atoms with Crippen molar-refractivity contribution >= 4 is 10.9 Å². The summed E-state index contributed by atoms with van der Waals surface area (Å²) < 4.78 is 38.3. The lowest BCUT2D eigenvalue weighted by Gasteiger charge is -2.30. The molecule has 3 heterocycles. The Morgan fingerprint density at radius 2 is 1.43 bits per heavy atom. The molecular formula is C27H19F2N3O3. The molecule has 6 nitrogen and oxygen atoms in total. The van der Waals surface area contributed by atoms with Crippen LogP contribution < -0.4 is 16.0 Å². The summed E-state index contributed by atoms with van der Waals surface area (Å²) in [6.45, 7) is 0. The minimum absolute atomic E-state index is 0.309. The first-order chi connectivity index (χ1) is 16.9. The summed E-state index contributed by atoms with van der Waals surface area (Å²) in [5.74, 6) is -0.241. The number of aryl methyl sites for hydroxylation is 1. The zero-order valence-corrected chi connectivity index (χ0v) is 18.8. The third-order valence-corrected chi connectivity index (χ3v) is 6.50. The molecule has 0 fully saturated rings. The molecule has 0 amide bonds. The summed E-state index contributed by atoms with van der Waals surface area (Å²) in [6, 6.07) is 19.1. The monoisotopic (exact) mass is 471 g/mol. The van der Waals surface area contributed by atoms with Gasteiger partial charge in [0.15, 0.2) is 6.10 Å². The molecule has 1 atom stereocenters. The first-order valence-electron chi connectivity index (χ1n) is 11.0. The molecule has 3 aromatic carbocycles. The molecule has 6 rings (SSSR count). The Morgan fingerprint density at radius 1 is 0.800 bits per heavy atom. The van der Waals surface area contributed by atoms with Gasteiger partial charge in [-0.3, -0.25) is 13.9 Å². The number of ether oxygens (including phenoxy) is 1. The maximum absolute atomic E-state index is 13.8. The molecule has 0 unspecified atom stereocenters. The number of nitrogens with zero attached hydrogens (tertiary/aromatic N) is 3. The average Bonchev–Trinajstić information content (AvgIpc) is 3.23. The molecular weight excluding hydrogens is 452 g/mol. The molecule has 0 saturated heterocycles. The molecule has 0 bridgehead atoms. The molecule has 1 aliphatic heterocycles. The highest BCUT2D eigenvalue weighted by Crippen LogP contribution is 2.46. The summed E-state index contributed by atoms with van der Waals surface area (Å²) in [5.41, 5.74) is 2.45. The lowest BCUT2D eigenvalue weighted by atomic mass is 10.0. The van der Waals surface area contributed by atoms with Crippen LogP contribution in [-0.4, -0.2) is 13.7 Å². The van der Waals surface area contributed by atoms with E-state index in [2.05, 4.69) is 0 Å². The highest BCUT2D eigenvalue weighted by molar-refractivity contribution is 5.98. The van der Waals surface area contributed by atoms with E-state index in [1.807, 2.05) is 28.8 Å². The molecule has 5 aromatic rings. The second-order valence-corrected chi connectivity index (χ2v) is 8.52. The van der Waals surface area contributed by atoms with Crippen molar-refractivity contribution in [1.29, 1.82) is 0 Å². The van der Waals surface area contributed by atoms with Crippen molar-refractivity contribution in [3.63, 3.8) is 0 Å². The van der Waals surface area contributed by atoms with Crippen LogP contribution in [0, 0.1) is 11.6 Å². The number of rotatable bonds is 2. The second-order valence-electron chi connectivity index (χ2n) is 8.52. The van der Waals surface area contributed by atoms with Gasteiger partial charge >= 0.3 is 5.69 Å². The fourth-order valence-electron chi connectivity index (χ4n) is 4.86. The van der Waals surface area contributed by atoms with Crippen LogP contribution in [0.5, 0.6) is 5.75 Å². The lowest BCUT2D eigenvalue weighted by molar-refractivity contribution is 0.229. The fraction of sp³-hybridized carbons (Fsp3) is 0.111. The molecule has 1 aliphatic rings. The van der Waals surface area contributed by atoms with Crippen molar-refractivity contribution in [1.82, 2.24) is 13.7 Å². The minimum Gasteiger partial charge on any atom is -0.477 e. The number of aromatic nitrogens is 3. The van der Waals surface area contributed by atoms with Crippen LogP contribution >= 0.6 is 0 Å². The molecule has 35 heavy (non-hydrogen) atoms. The number of hydrogen-bond acceptors (Lipinski definition) is 3. The van der Waals surface area contributed by atoms with E-state index in [0.29, 0.717) is 44.9 Å². The van der Waals surface area contributed by atoms with E-state index in [1.165, 1.54) is 35.9 Å². The van der Waals surface area contributed by atoms with Crippen LogP contribution in [0.2, 0.25) is 0 Å². The molecule has 0 aliphatic carbocycles. The fourth-order valence-corrected chi connectivity index (χ4v) is 4.86. The van der Waals surface area contributed by atoms with E-state index >= 15 is 0 Å². The van der Waals surface area contributed by atoms with Gasteiger partial charge in [-0.15, -0.1) is 0 Å². The van der Waals surface area contributed by atoms with Gasteiger partial charge in [0.05, 0.1) is 28.0 Å². The van der Waals surface area contributed by atoms with Gasteiger partial charge in [-0.05, 0) is 59.7 Å². The van der Waals surface area contributed by atoms with E-state index in [0.717, 1.165) is 4.57 Å². The Bertz CT molecular complexity index is 1750. The number of benzene rings is 3. The van der Waals surface area contributed by atoms with Gasteiger partial charge < -0.3 is 9.30 Å². The van der Waals surface area contributed by atoms with Crippen molar-refractivity contribution in [3.8, 4) is 22.7 Å². The Kier molecular flexibility index (Phi) is 4.54. The molecule has 8 heteroatoms. The summed E-state index contributed by atoms with van der Waals surface area (Å²) >= 11 is 0. The van der Waals surface area contributed by atoms with Gasteiger partial charge in [0.2, 0.25) is 0 Å². The Morgan fingerprint density at radius 3 is 2.11 bits per heavy atom. The Labute approximate surface area is 197 Å². The summed E-state index contributed by atoms with van der Waals surface area (Å²) in [4.78, 5) is 26.5. The standard InChI is InChI=1S/C27H19F2N3O3/c1-30-23-21(26(33)31(2)27(30)34)22(15-7-11-17(28)12-8-15)32-19-5-3-4-6-20(19)35-25(24(23)32)16-9-13-18(29)14-10-16/h3-14,25H,1-2H3/t25-/m1/s1. The average molecular weight is 471 g/mol. The molecule has 0 saturated carbocycles. The zero-order valence-electron chi connectivity index (χ0n) is 18.8. The highest BCUT2D eigenvalue weighted by atomic mass is 19.1. The van der Waals surface area contributed by atoms with Gasteiger partial charge in [-0.25, -0.2) is 13.6 Å². The van der Waals surface area contributed by atoms with Gasteiger partial charge in [-0.1, -0.05) is 24.3 Å². The molecule has 0 spiro atoms. The summed E-state index contributed by atoms with van der Waals surface area (Å²) in [5, 5.41) is 0.309. The molecule has 0 radical (unpaired) electrons. The van der Waals surface area contributed by atoms with Crippen LogP contribution in [0.15, 0.2) is 82.4 Å². The summed E-state index contributed by atoms with van der Waals surface area (Å²) in [7, 11) is 3.03. The maximum atomic E-state index is 13.8. The summed E-state index contributed by atoms with van der Waals surface area (Å²) in [6.07, 6.45) is -0.736. The highest BCUT2D eigenvalue weighted by Gasteiger charge is 2.36. The van der Waals surface area contributed by atoms with Crippen molar-refractivity contribution in [2.45, 2.75) is 6.10 Å². The van der Waals surface area contributed by atoms with Crippen LogP contribution in [0.25, 0.3) is 27.8 Å². The van der Waals surface area contributed by atoms with E-state index in [9.17, 15) is 18.4 Å². The topological polar surface area (TPSA) is 58.2 Å². The third kappa shape index (κ3) is 2.99. The maximum Gasteiger partial charge on any atom is 0.331 e. The predicted molar refractivity (Wildman–Crippen MR) is 128 cm³/mol. The number of halogens is 2. The minimum atomic E-state index is -0.736. The SMILES string of the molecule is Cn1c(=O)c2c(-c3ccc(F)cc3)n3c(c2n(C)c1=O)[C@@H](c1ccc(F)cc1)Oc1ccccc1-3. The first kappa shape index (κ1) is 21.1. The Hall–Kier alpha value is -4.46. The van der Waals surface area contributed by atoms with Crippen molar-refractivity contribution in [2.24, 2.45) is 14.1 Å². The predicted octanol–water partition coefficient (Wildman–Crippen LogP) is 4.45. The van der Waals surface area contributed by atoms with Crippen molar-refractivity contribution in [3.05, 3.63) is 117 Å². The number of fused-ring (bicyclic) bond motifs is 5. The van der Waals surface area contributed by atoms with Gasteiger partial charge in [0, 0.05) is 14.1 Å². The van der Waals surface area contributed by atoms with Crippen LogP contribution in [0.3, 0.4) is 0 Å². The van der Waals surface area contributed by atoms with E-state index < -0.39 is 29.0 Å². The largest absolute Gasteiger partial charge is 0.477 e. The molecule has 2 aromatic heterocycles. The van der Waals surface area contributed by atoms with E-state index in [4.69, 9.17) is 4.74 Å². The van der Waals surface area contributed by atoms with Gasteiger partial charge in [0.25, 0.3) is 5.56 Å². The van der Waals surface area contributed by atoms with Crippen LogP contribution in [0.1, 0.15) is 17.4 Å². The zero-order chi connectivity index (χ0) is 24.4. The first-order valence-corrected chi connectivity index (χ1v) is 11.0. The van der Waals surface area contributed by atoms with Crippen molar-refractivity contribution < 1.29 is 13.5 Å². The van der Waals surface area contributed by atoms with Crippen LogP contribution in [-0.2, 0) is 14.1 Å². The second kappa shape index (κ2) is 7.53. The Balaban J connectivity index is 1.85. The van der Waals surface area contributed by atoms with Gasteiger partial charge in [0.1, 0.15) is 17.4 Å². The van der Waals surface area contributed by atoms with Crippen molar-refractivity contribution in [2.75, 3.05) is 0 Å². The number of hydrogen-bond donors (Lipinski definition) is 0. The van der Waals surface area contributed by atoms with Crippen LogP contribution in [0.4, 0.5) is 8.78 Å². The van der Waals surface area contributed by atoms with E-state index in [1.54, 1.807) is 31.3 Å².